The molecule has 0 aromatic heterocycles. The van der Waals surface area contributed by atoms with Crippen LogP contribution in [0.3, 0.4) is 0 Å². The molecule has 0 spiro atoms. The first-order valence-electron chi connectivity index (χ1n) is 3.69. The van der Waals surface area contributed by atoms with E-state index in [1.165, 1.54) is 6.42 Å². The fourth-order valence-electron chi connectivity index (χ4n) is 0.751. The fraction of sp³-hybridized carbons (Fsp3) is 0.750. The van der Waals surface area contributed by atoms with Gasteiger partial charge in [0.15, 0.2) is 0 Å². The standard InChI is InChI=1S/C8H16S2/c1-4-6-8(10-9)7(3)5-2/h4,6-9H,5H2,1-3H3. The van der Waals surface area contributed by atoms with Crippen molar-refractivity contribution in [2.75, 3.05) is 0 Å². The second kappa shape index (κ2) is 6.17. The van der Waals surface area contributed by atoms with Crippen molar-refractivity contribution in [2.24, 2.45) is 5.92 Å². The number of hydrogen-bond acceptors (Lipinski definition) is 2. The van der Waals surface area contributed by atoms with Crippen molar-refractivity contribution in [1.29, 1.82) is 0 Å². The van der Waals surface area contributed by atoms with Crippen LogP contribution in [0.25, 0.3) is 0 Å². The molecule has 0 saturated carbocycles. The molecule has 0 aromatic rings. The summed E-state index contributed by atoms with van der Waals surface area (Å²) in [5.74, 6) is 0.735. The van der Waals surface area contributed by atoms with Gasteiger partial charge in [-0.1, -0.05) is 43.2 Å². The molecule has 0 bridgehead atoms. The van der Waals surface area contributed by atoms with E-state index in [0.29, 0.717) is 5.25 Å². The quantitative estimate of drug-likeness (QED) is 0.388. The minimum absolute atomic E-state index is 0.582. The number of allylic oxidation sites excluding steroid dienone is 1. The Bertz CT molecular complexity index is 99.4. The first-order valence-corrected chi connectivity index (χ1v) is 5.62. The Kier molecular flexibility index (Phi) is 6.44. The average molecular weight is 176 g/mol. The summed E-state index contributed by atoms with van der Waals surface area (Å²) in [6.07, 6.45) is 5.54. The second-order valence-corrected chi connectivity index (χ2v) is 3.87. The number of hydrogen-bond donors (Lipinski definition) is 1. The molecule has 0 aromatic carbocycles. The molecular formula is C8H16S2. The molecule has 0 amide bonds. The summed E-state index contributed by atoms with van der Waals surface area (Å²) in [7, 11) is 1.63. The first-order chi connectivity index (χ1) is 4.76. The zero-order valence-electron chi connectivity index (χ0n) is 6.87. The topological polar surface area (TPSA) is 0 Å². The van der Waals surface area contributed by atoms with Gasteiger partial charge in [0.25, 0.3) is 0 Å². The Hall–Kier alpha value is 0.440. The maximum atomic E-state index is 4.21. The third-order valence-corrected chi connectivity index (χ3v) is 3.30. The van der Waals surface area contributed by atoms with Crippen LogP contribution in [0, 0.1) is 5.92 Å². The summed E-state index contributed by atoms with van der Waals surface area (Å²) in [5.41, 5.74) is 0. The average Bonchev–Trinajstić information content (AvgIpc) is 1.99. The van der Waals surface area contributed by atoms with E-state index in [-0.39, 0.29) is 0 Å². The van der Waals surface area contributed by atoms with Gasteiger partial charge >= 0.3 is 0 Å². The van der Waals surface area contributed by atoms with E-state index in [0.717, 1.165) is 5.92 Å². The summed E-state index contributed by atoms with van der Waals surface area (Å²) in [4.78, 5) is 0. The monoisotopic (exact) mass is 176 g/mol. The van der Waals surface area contributed by atoms with Crippen LogP contribution in [0.5, 0.6) is 0 Å². The van der Waals surface area contributed by atoms with Crippen LogP contribution in [0.15, 0.2) is 12.2 Å². The molecule has 0 fully saturated rings. The van der Waals surface area contributed by atoms with Crippen molar-refractivity contribution in [3.8, 4) is 0 Å². The minimum atomic E-state index is 0.582. The van der Waals surface area contributed by atoms with Gasteiger partial charge in [0.1, 0.15) is 0 Å². The van der Waals surface area contributed by atoms with Crippen molar-refractivity contribution in [3.05, 3.63) is 12.2 Å². The Morgan fingerprint density at radius 2 is 2.20 bits per heavy atom. The lowest BCUT2D eigenvalue weighted by Crippen LogP contribution is -2.08. The van der Waals surface area contributed by atoms with E-state index in [1.807, 2.05) is 0 Å². The molecule has 0 heterocycles. The van der Waals surface area contributed by atoms with E-state index in [9.17, 15) is 0 Å². The lowest BCUT2D eigenvalue weighted by molar-refractivity contribution is 0.585. The van der Waals surface area contributed by atoms with Gasteiger partial charge in [-0.05, 0) is 12.8 Å². The van der Waals surface area contributed by atoms with E-state index < -0.39 is 0 Å². The molecular weight excluding hydrogens is 160 g/mol. The van der Waals surface area contributed by atoms with Gasteiger partial charge in [-0.3, -0.25) is 0 Å². The molecule has 2 heteroatoms. The molecule has 0 aliphatic rings. The van der Waals surface area contributed by atoms with E-state index in [2.05, 4.69) is 44.6 Å². The Balaban J connectivity index is 3.79. The fourth-order valence-corrected chi connectivity index (χ4v) is 2.21. The van der Waals surface area contributed by atoms with E-state index in [4.69, 9.17) is 0 Å². The molecule has 0 aliphatic heterocycles. The molecule has 0 saturated heterocycles. The van der Waals surface area contributed by atoms with Crippen LogP contribution in [-0.2, 0) is 0 Å². The molecule has 0 nitrogen and oxygen atoms in total. The summed E-state index contributed by atoms with van der Waals surface area (Å²) in [6, 6.07) is 0. The van der Waals surface area contributed by atoms with Gasteiger partial charge in [-0.15, -0.1) is 11.7 Å². The highest BCUT2D eigenvalue weighted by Gasteiger charge is 2.10. The Morgan fingerprint density at radius 3 is 2.50 bits per heavy atom. The van der Waals surface area contributed by atoms with Gasteiger partial charge in [0.05, 0.1) is 0 Å². The molecule has 10 heavy (non-hydrogen) atoms. The summed E-state index contributed by atoms with van der Waals surface area (Å²) in [6.45, 7) is 6.53. The van der Waals surface area contributed by atoms with Gasteiger partial charge < -0.3 is 0 Å². The second-order valence-electron chi connectivity index (χ2n) is 2.48. The van der Waals surface area contributed by atoms with Crippen molar-refractivity contribution in [1.82, 2.24) is 0 Å². The number of rotatable bonds is 4. The summed E-state index contributed by atoms with van der Waals surface area (Å²) in [5, 5.41) is 0.582. The highest BCUT2D eigenvalue weighted by atomic mass is 33.1. The van der Waals surface area contributed by atoms with Crippen molar-refractivity contribution in [3.63, 3.8) is 0 Å². The predicted octanol–water partition coefficient (Wildman–Crippen LogP) is 3.56. The van der Waals surface area contributed by atoms with Crippen LogP contribution >= 0.6 is 22.5 Å². The number of thiol groups is 1. The normalized spacial score (nSPS) is 17.6. The molecule has 60 valence electrons. The van der Waals surface area contributed by atoms with Gasteiger partial charge in [0, 0.05) is 5.25 Å². The largest absolute Gasteiger partial charge is 0.111 e. The van der Waals surface area contributed by atoms with Crippen molar-refractivity contribution < 1.29 is 0 Å². The van der Waals surface area contributed by atoms with Crippen LogP contribution in [0.2, 0.25) is 0 Å². The minimum Gasteiger partial charge on any atom is -0.111 e. The predicted molar refractivity (Wildman–Crippen MR) is 54.6 cm³/mol. The molecule has 0 rings (SSSR count). The molecule has 0 N–H and O–H groups in total. The third-order valence-electron chi connectivity index (χ3n) is 1.71. The van der Waals surface area contributed by atoms with Crippen LogP contribution in [0.4, 0.5) is 0 Å². The summed E-state index contributed by atoms with van der Waals surface area (Å²) < 4.78 is 0. The van der Waals surface area contributed by atoms with Crippen LogP contribution < -0.4 is 0 Å². The van der Waals surface area contributed by atoms with E-state index in [1.54, 1.807) is 10.8 Å². The van der Waals surface area contributed by atoms with E-state index >= 15 is 0 Å². The van der Waals surface area contributed by atoms with Crippen molar-refractivity contribution in [2.45, 2.75) is 32.4 Å². The van der Waals surface area contributed by atoms with Crippen LogP contribution in [0.1, 0.15) is 27.2 Å². The highest BCUT2D eigenvalue weighted by molar-refractivity contribution is 8.68. The third kappa shape index (κ3) is 3.57. The van der Waals surface area contributed by atoms with Gasteiger partial charge in [-0.25, -0.2) is 0 Å². The van der Waals surface area contributed by atoms with Crippen LogP contribution in [-0.4, -0.2) is 5.25 Å². The lowest BCUT2D eigenvalue weighted by atomic mass is 10.0. The molecule has 0 radical (unpaired) electrons. The molecule has 2 atom stereocenters. The SMILES string of the molecule is CC=CC(SS)C(C)CC. The maximum absolute atomic E-state index is 4.21. The molecule has 0 aliphatic carbocycles. The summed E-state index contributed by atoms with van der Waals surface area (Å²) >= 11 is 4.21. The van der Waals surface area contributed by atoms with Gasteiger partial charge in [0.2, 0.25) is 0 Å². The Labute approximate surface area is 73.3 Å². The maximum Gasteiger partial charge on any atom is 0.0354 e. The Morgan fingerprint density at radius 1 is 1.60 bits per heavy atom. The smallest absolute Gasteiger partial charge is 0.0354 e. The molecule has 2 unspecified atom stereocenters. The highest BCUT2D eigenvalue weighted by Crippen LogP contribution is 2.25. The zero-order chi connectivity index (χ0) is 7.98. The van der Waals surface area contributed by atoms with Gasteiger partial charge in [-0.2, -0.15) is 0 Å². The van der Waals surface area contributed by atoms with Crippen molar-refractivity contribution >= 4 is 22.5 Å². The zero-order valence-corrected chi connectivity index (χ0v) is 8.58. The lowest BCUT2D eigenvalue weighted by Gasteiger charge is -2.15. The first kappa shape index (κ1) is 10.4.